The highest BCUT2D eigenvalue weighted by Gasteiger charge is 2.29. The maximum Gasteiger partial charge on any atom is 0.289 e. The number of aromatic nitrogens is 1. The minimum absolute atomic E-state index is 0.105. The van der Waals surface area contributed by atoms with Gasteiger partial charge in [0.15, 0.2) is 11.5 Å². The Balaban J connectivity index is 2.06. The van der Waals surface area contributed by atoms with Crippen LogP contribution in [0.5, 0.6) is 11.5 Å². The molecule has 1 aromatic carbocycles. The van der Waals surface area contributed by atoms with Crippen LogP contribution in [0.4, 0.5) is 0 Å². The largest absolute Gasteiger partial charge is 0.493 e. The summed E-state index contributed by atoms with van der Waals surface area (Å²) in [7, 11) is 3.18. The van der Waals surface area contributed by atoms with E-state index < -0.39 is 5.66 Å². The van der Waals surface area contributed by atoms with Gasteiger partial charge in [0, 0.05) is 0 Å². The van der Waals surface area contributed by atoms with Crippen LogP contribution in [0, 0.1) is 0 Å². The molecule has 1 aromatic heterocycles. The van der Waals surface area contributed by atoms with E-state index in [1.54, 1.807) is 14.2 Å². The quantitative estimate of drug-likeness (QED) is 0.828. The second-order valence-electron chi connectivity index (χ2n) is 5.77. The molecule has 25 heavy (non-hydrogen) atoms. The van der Waals surface area contributed by atoms with Gasteiger partial charge in [-0.3, -0.25) is 15.6 Å². The molecule has 0 unspecified atom stereocenters. The SMILES string of the molecule is CCC1(CC)NN=c2s/c(=C/c3ccc(OC)c(OC)c3)c(=O)n2N1. The molecule has 0 amide bonds. The Labute approximate surface area is 149 Å². The second kappa shape index (κ2) is 6.79. The molecule has 0 spiro atoms. The first kappa shape index (κ1) is 17.3. The van der Waals surface area contributed by atoms with E-state index in [0.29, 0.717) is 20.8 Å². The van der Waals surface area contributed by atoms with Crippen LogP contribution in [0.25, 0.3) is 6.08 Å². The van der Waals surface area contributed by atoms with Crippen LogP contribution in [0.3, 0.4) is 0 Å². The molecule has 7 nitrogen and oxygen atoms in total. The number of nitrogens with zero attached hydrogens (tertiary/aromatic N) is 2. The van der Waals surface area contributed by atoms with Crippen molar-refractivity contribution in [1.29, 1.82) is 0 Å². The average molecular weight is 362 g/mol. The molecule has 8 heteroatoms. The molecule has 2 heterocycles. The van der Waals surface area contributed by atoms with E-state index in [0.717, 1.165) is 18.4 Å². The Hall–Kier alpha value is -2.48. The van der Waals surface area contributed by atoms with Gasteiger partial charge >= 0.3 is 0 Å². The van der Waals surface area contributed by atoms with Gasteiger partial charge in [-0.05, 0) is 36.6 Å². The molecular weight excluding hydrogens is 340 g/mol. The molecule has 1 aliphatic rings. The number of ether oxygens (including phenoxy) is 2. The zero-order valence-electron chi connectivity index (χ0n) is 14.8. The second-order valence-corrected chi connectivity index (χ2v) is 6.78. The minimum Gasteiger partial charge on any atom is -0.493 e. The van der Waals surface area contributed by atoms with Crippen LogP contribution < -0.4 is 35.2 Å². The highest BCUT2D eigenvalue weighted by molar-refractivity contribution is 7.07. The molecule has 2 N–H and O–H groups in total. The van der Waals surface area contributed by atoms with Gasteiger partial charge in [-0.25, -0.2) is 0 Å². The summed E-state index contributed by atoms with van der Waals surface area (Å²) in [6.45, 7) is 4.11. The van der Waals surface area contributed by atoms with Gasteiger partial charge in [0.05, 0.1) is 18.8 Å². The van der Waals surface area contributed by atoms with E-state index >= 15 is 0 Å². The maximum absolute atomic E-state index is 12.8. The lowest BCUT2D eigenvalue weighted by molar-refractivity contribution is 0.294. The first-order valence-corrected chi connectivity index (χ1v) is 8.96. The van der Waals surface area contributed by atoms with Gasteiger partial charge in [-0.15, -0.1) is 5.10 Å². The fraction of sp³-hybridized carbons (Fsp3) is 0.412. The molecule has 0 bridgehead atoms. The molecule has 0 saturated heterocycles. The van der Waals surface area contributed by atoms with E-state index in [1.165, 1.54) is 16.0 Å². The zero-order chi connectivity index (χ0) is 18.0. The highest BCUT2D eigenvalue weighted by atomic mass is 32.1. The first-order chi connectivity index (χ1) is 12.1. The number of hydrogen-bond acceptors (Lipinski definition) is 7. The number of benzene rings is 1. The smallest absolute Gasteiger partial charge is 0.289 e. The van der Waals surface area contributed by atoms with E-state index in [-0.39, 0.29) is 5.56 Å². The molecule has 2 aromatic rings. The summed E-state index contributed by atoms with van der Waals surface area (Å²) in [5, 5.41) is 4.38. The monoisotopic (exact) mass is 362 g/mol. The van der Waals surface area contributed by atoms with Crippen molar-refractivity contribution in [3.8, 4) is 11.5 Å². The summed E-state index contributed by atoms with van der Waals surface area (Å²) < 4.78 is 12.7. The molecule has 0 aliphatic carbocycles. The van der Waals surface area contributed by atoms with Crippen LogP contribution in [0.1, 0.15) is 32.3 Å². The molecular formula is C17H22N4O3S. The third-order valence-electron chi connectivity index (χ3n) is 4.41. The number of rotatable bonds is 5. The van der Waals surface area contributed by atoms with Crippen molar-refractivity contribution in [3.05, 3.63) is 43.5 Å². The molecule has 3 rings (SSSR count). The number of fused-ring (bicyclic) bond motifs is 1. The van der Waals surface area contributed by atoms with Crippen molar-refractivity contribution in [2.45, 2.75) is 32.4 Å². The van der Waals surface area contributed by atoms with Crippen LogP contribution in [-0.2, 0) is 0 Å². The van der Waals surface area contributed by atoms with Crippen molar-refractivity contribution >= 4 is 17.4 Å². The molecule has 0 radical (unpaired) electrons. The molecule has 0 fully saturated rings. The summed E-state index contributed by atoms with van der Waals surface area (Å²) >= 11 is 1.33. The molecule has 134 valence electrons. The standard InChI is InChI=1S/C17H22N4O3S/c1-5-17(6-2)19-18-16-21(20-17)15(22)14(25-16)10-11-7-8-12(23-3)13(9-11)24-4/h7-10,19-20H,5-6H2,1-4H3/b14-10+. The van der Waals surface area contributed by atoms with Crippen molar-refractivity contribution in [1.82, 2.24) is 10.1 Å². The Morgan fingerprint density at radius 1 is 1.24 bits per heavy atom. The first-order valence-electron chi connectivity index (χ1n) is 8.14. The van der Waals surface area contributed by atoms with Crippen LogP contribution in [-0.4, -0.2) is 24.6 Å². The Morgan fingerprint density at radius 3 is 2.60 bits per heavy atom. The predicted molar refractivity (Wildman–Crippen MR) is 98.3 cm³/mol. The summed E-state index contributed by atoms with van der Waals surface area (Å²) in [6, 6.07) is 5.54. The number of methoxy groups -OCH3 is 2. The number of thiazole rings is 1. The predicted octanol–water partition coefficient (Wildman–Crippen LogP) is 0.953. The zero-order valence-corrected chi connectivity index (χ0v) is 15.6. The minimum atomic E-state index is -0.390. The summed E-state index contributed by atoms with van der Waals surface area (Å²) in [5.74, 6) is 1.27. The maximum atomic E-state index is 12.8. The lowest BCUT2D eigenvalue weighted by Gasteiger charge is -2.35. The molecule has 0 atom stereocenters. The Morgan fingerprint density at radius 2 is 1.96 bits per heavy atom. The van der Waals surface area contributed by atoms with E-state index in [9.17, 15) is 4.79 Å². The third kappa shape index (κ3) is 3.09. The fourth-order valence-corrected chi connectivity index (χ4v) is 3.58. The van der Waals surface area contributed by atoms with Crippen LogP contribution >= 0.6 is 11.3 Å². The average Bonchev–Trinajstić information content (AvgIpc) is 2.96. The lowest BCUT2D eigenvalue weighted by atomic mass is 10.1. The van der Waals surface area contributed by atoms with Crippen molar-refractivity contribution in [2.24, 2.45) is 5.10 Å². The van der Waals surface area contributed by atoms with E-state index in [1.807, 2.05) is 24.3 Å². The third-order valence-corrected chi connectivity index (χ3v) is 5.38. The van der Waals surface area contributed by atoms with E-state index in [4.69, 9.17) is 9.47 Å². The van der Waals surface area contributed by atoms with Gasteiger partial charge in [-0.2, -0.15) is 4.68 Å². The van der Waals surface area contributed by atoms with E-state index in [2.05, 4.69) is 29.8 Å². The Kier molecular flexibility index (Phi) is 4.71. The number of nitrogens with one attached hydrogen (secondary N) is 2. The van der Waals surface area contributed by atoms with Crippen molar-refractivity contribution in [3.63, 3.8) is 0 Å². The van der Waals surface area contributed by atoms with Gasteiger partial charge < -0.3 is 9.47 Å². The van der Waals surface area contributed by atoms with Gasteiger partial charge in [0.25, 0.3) is 5.56 Å². The molecule has 0 saturated carbocycles. The lowest BCUT2D eigenvalue weighted by Crippen LogP contribution is -2.60. The summed E-state index contributed by atoms with van der Waals surface area (Å²) in [6.07, 6.45) is 3.45. The molecule has 1 aliphatic heterocycles. The van der Waals surface area contributed by atoms with Gasteiger partial charge in [-0.1, -0.05) is 31.3 Å². The van der Waals surface area contributed by atoms with Gasteiger partial charge in [0.1, 0.15) is 5.66 Å². The highest BCUT2D eigenvalue weighted by Crippen LogP contribution is 2.27. The van der Waals surface area contributed by atoms with Crippen molar-refractivity contribution < 1.29 is 9.47 Å². The summed E-state index contributed by atoms with van der Waals surface area (Å²) in [5.41, 5.74) is 6.77. The fourth-order valence-electron chi connectivity index (χ4n) is 2.70. The Bertz CT molecular complexity index is 944. The topological polar surface area (TPSA) is 76.9 Å². The van der Waals surface area contributed by atoms with Crippen LogP contribution in [0.2, 0.25) is 0 Å². The normalized spacial score (nSPS) is 15.6. The van der Waals surface area contributed by atoms with Crippen molar-refractivity contribution in [2.75, 3.05) is 19.6 Å². The van der Waals surface area contributed by atoms with Gasteiger partial charge in [0.2, 0.25) is 4.80 Å². The van der Waals surface area contributed by atoms with Crippen LogP contribution in [0.15, 0.2) is 28.1 Å². The summed E-state index contributed by atoms with van der Waals surface area (Å²) in [4.78, 5) is 13.4. The number of hydrogen-bond donors (Lipinski definition) is 2.